The molecule has 0 bridgehead atoms. The van der Waals surface area contributed by atoms with Gasteiger partial charge in [-0.1, -0.05) is 6.07 Å². The fourth-order valence-electron chi connectivity index (χ4n) is 3.27. The van der Waals surface area contributed by atoms with E-state index in [-0.39, 0.29) is 5.78 Å². The van der Waals surface area contributed by atoms with Gasteiger partial charge in [0.15, 0.2) is 11.5 Å². The quantitative estimate of drug-likeness (QED) is 0.290. The largest absolute Gasteiger partial charge is 0.493 e. The molecule has 8 heteroatoms. The first-order valence-corrected chi connectivity index (χ1v) is 9.53. The van der Waals surface area contributed by atoms with Gasteiger partial charge in [0.2, 0.25) is 11.5 Å². The van der Waals surface area contributed by atoms with Crippen molar-refractivity contribution in [1.82, 2.24) is 15.2 Å². The maximum absolute atomic E-state index is 12.5. The summed E-state index contributed by atoms with van der Waals surface area (Å²) in [5, 5.41) is 11.3. The molecule has 8 nitrogen and oxygen atoms in total. The Morgan fingerprint density at radius 2 is 1.77 bits per heavy atom. The molecule has 4 rings (SSSR count). The summed E-state index contributed by atoms with van der Waals surface area (Å²) in [5.41, 5.74) is 3.57. The Morgan fingerprint density at radius 3 is 2.48 bits per heavy atom. The number of hydrogen-bond acceptors (Lipinski definition) is 6. The zero-order chi connectivity index (χ0) is 21.8. The van der Waals surface area contributed by atoms with Crippen LogP contribution in [0.5, 0.6) is 17.2 Å². The summed E-state index contributed by atoms with van der Waals surface area (Å²) in [4.78, 5) is 15.7. The first kappa shape index (κ1) is 20.1. The number of carbonyl (C=O) groups is 1. The average Bonchev–Trinajstić information content (AvgIpc) is 3.47. The number of carbonyl (C=O) groups excluding carboxylic acids is 1. The molecule has 2 aromatic carbocycles. The SMILES string of the molecule is COc1cc(-c2cc(C(=O)/C=C\Nc3ccc4cc[nH]c4c3)[nH]n2)cc(OC)c1OC. The highest BCUT2D eigenvalue weighted by molar-refractivity contribution is 6.03. The predicted octanol–water partition coefficient (Wildman–Crippen LogP) is 4.39. The number of allylic oxidation sites excluding steroid dienone is 1. The van der Waals surface area contributed by atoms with Gasteiger partial charge >= 0.3 is 0 Å². The highest BCUT2D eigenvalue weighted by Crippen LogP contribution is 2.40. The lowest BCUT2D eigenvalue weighted by atomic mass is 10.1. The molecule has 0 saturated heterocycles. The van der Waals surface area contributed by atoms with Gasteiger partial charge in [-0.25, -0.2) is 0 Å². The van der Waals surface area contributed by atoms with Crippen LogP contribution in [-0.2, 0) is 0 Å². The molecule has 0 atom stereocenters. The van der Waals surface area contributed by atoms with Crippen molar-refractivity contribution in [3.05, 3.63) is 66.6 Å². The molecule has 0 aliphatic heterocycles. The summed E-state index contributed by atoms with van der Waals surface area (Å²) in [7, 11) is 4.64. The van der Waals surface area contributed by atoms with E-state index in [1.807, 2.05) is 30.5 Å². The Kier molecular flexibility index (Phi) is 5.61. The van der Waals surface area contributed by atoms with Gasteiger partial charge in [0.05, 0.1) is 27.0 Å². The number of aromatic nitrogens is 3. The van der Waals surface area contributed by atoms with Crippen LogP contribution in [0.4, 0.5) is 5.69 Å². The molecule has 4 aromatic rings. The molecule has 0 amide bonds. The summed E-state index contributed by atoms with van der Waals surface area (Å²) < 4.78 is 16.1. The van der Waals surface area contributed by atoms with Crippen molar-refractivity contribution >= 4 is 22.4 Å². The molecule has 0 aliphatic carbocycles. The van der Waals surface area contributed by atoms with Gasteiger partial charge in [0.1, 0.15) is 5.69 Å². The number of nitrogens with zero attached hydrogens (tertiary/aromatic N) is 1. The van der Waals surface area contributed by atoms with Gasteiger partial charge in [-0.3, -0.25) is 9.89 Å². The minimum Gasteiger partial charge on any atom is -0.493 e. The van der Waals surface area contributed by atoms with E-state index in [2.05, 4.69) is 20.5 Å². The number of fused-ring (bicyclic) bond motifs is 1. The zero-order valence-corrected chi connectivity index (χ0v) is 17.4. The van der Waals surface area contributed by atoms with Crippen LogP contribution in [0.3, 0.4) is 0 Å². The number of ketones is 1. The van der Waals surface area contributed by atoms with Crippen molar-refractivity contribution in [2.24, 2.45) is 0 Å². The van der Waals surface area contributed by atoms with Crippen LogP contribution in [0, 0.1) is 0 Å². The van der Waals surface area contributed by atoms with Crippen molar-refractivity contribution < 1.29 is 19.0 Å². The summed E-state index contributed by atoms with van der Waals surface area (Å²) in [5.74, 6) is 1.30. The third-order valence-corrected chi connectivity index (χ3v) is 4.84. The zero-order valence-electron chi connectivity index (χ0n) is 17.4. The van der Waals surface area contributed by atoms with Crippen LogP contribution in [0.25, 0.3) is 22.2 Å². The van der Waals surface area contributed by atoms with E-state index in [1.54, 1.807) is 45.7 Å². The molecule has 0 unspecified atom stereocenters. The Labute approximate surface area is 178 Å². The lowest BCUT2D eigenvalue weighted by Crippen LogP contribution is -1.96. The Hall–Kier alpha value is -4.20. The number of rotatable bonds is 8. The van der Waals surface area contributed by atoms with E-state index in [1.165, 1.54) is 6.08 Å². The molecular formula is C23H22N4O4. The molecule has 0 spiro atoms. The minimum absolute atomic E-state index is 0.209. The third-order valence-electron chi connectivity index (χ3n) is 4.84. The predicted molar refractivity (Wildman–Crippen MR) is 119 cm³/mol. The highest BCUT2D eigenvalue weighted by atomic mass is 16.5. The van der Waals surface area contributed by atoms with Gasteiger partial charge in [-0.15, -0.1) is 0 Å². The van der Waals surface area contributed by atoms with E-state index < -0.39 is 0 Å². The third kappa shape index (κ3) is 4.09. The van der Waals surface area contributed by atoms with Crippen LogP contribution in [0.2, 0.25) is 0 Å². The van der Waals surface area contributed by atoms with Crippen molar-refractivity contribution in [3.8, 4) is 28.5 Å². The number of benzene rings is 2. The minimum atomic E-state index is -0.209. The molecule has 2 aromatic heterocycles. The molecule has 0 aliphatic rings. The fraction of sp³-hybridized carbons (Fsp3) is 0.130. The lowest BCUT2D eigenvalue weighted by molar-refractivity contribution is 0.104. The van der Waals surface area contributed by atoms with Gasteiger partial charge in [-0.05, 0) is 41.8 Å². The van der Waals surface area contributed by atoms with Gasteiger partial charge in [-0.2, -0.15) is 5.10 Å². The number of methoxy groups -OCH3 is 3. The summed E-state index contributed by atoms with van der Waals surface area (Å²) in [6.45, 7) is 0. The first-order valence-electron chi connectivity index (χ1n) is 9.53. The van der Waals surface area contributed by atoms with Crippen molar-refractivity contribution in [2.75, 3.05) is 26.6 Å². The normalized spacial score (nSPS) is 11.1. The van der Waals surface area contributed by atoms with E-state index in [9.17, 15) is 4.79 Å². The number of hydrogen-bond donors (Lipinski definition) is 3. The molecule has 158 valence electrons. The van der Waals surface area contributed by atoms with Crippen molar-refractivity contribution in [3.63, 3.8) is 0 Å². The molecule has 31 heavy (non-hydrogen) atoms. The highest BCUT2D eigenvalue weighted by Gasteiger charge is 2.16. The smallest absolute Gasteiger partial charge is 0.205 e. The van der Waals surface area contributed by atoms with E-state index in [4.69, 9.17) is 14.2 Å². The van der Waals surface area contributed by atoms with Gasteiger partial charge in [0, 0.05) is 35.2 Å². The number of H-pyrrole nitrogens is 2. The average molecular weight is 418 g/mol. The monoisotopic (exact) mass is 418 g/mol. The summed E-state index contributed by atoms with van der Waals surface area (Å²) >= 11 is 0. The molecule has 0 fully saturated rings. The molecule has 0 radical (unpaired) electrons. The van der Waals surface area contributed by atoms with Crippen LogP contribution in [0.1, 0.15) is 10.5 Å². The van der Waals surface area contributed by atoms with E-state index in [0.717, 1.165) is 22.2 Å². The first-order chi connectivity index (χ1) is 15.1. The van der Waals surface area contributed by atoms with E-state index in [0.29, 0.717) is 28.6 Å². The van der Waals surface area contributed by atoms with Crippen LogP contribution in [-0.4, -0.2) is 42.3 Å². The number of ether oxygens (including phenoxy) is 3. The second-order valence-electron chi connectivity index (χ2n) is 6.70. The lowest BCUT2D eigenvalue weighted by Gasteiger charge is -2.13. The maximum atomic E-state index is 12.5. The maximum Gasteiger partial charge on any atom is 0.205 e. The van der Waals surface area contributed by atoms with Crippen LogP contribution >= 0.6 is 0 Å². The van der Waals surface area contributed by atoms with Crippen LogP contribution in [0.15, 0.2) is 60.9 Å². The van der Waals surface area contributed by atoms with Crippen molar-refractivity contribution in [1.29, 1.82) is 0 Å². The Balaban J connectivity index is 1.50. The van der Waals surface area contributed by atoms with Gasteiger partial charge < -0.3 is 24.5 Å². The number of anilines is 1. The Morgan fingerprint density at radius 1 is 1.00 bits per heavy atom. The molecule has 3 N–H and O–H groups in total. The number of nitrogens with one attached hydrogen (secondary N) is 3. The summed E-state index contributed by atoms with van der Waals surface area (Å²) in [6.07, 6.45) is 4.94. The molecular weight excluding hydrogens is 396 g/mol. The topological polar surface area (TPSA) is 101 Å². The second kappa shape index (κ2) is 8.66. The number of aromatic amines is 2. The van der Waals surface area contributed by atoms with Crippen molar-refractivity contribution in [2.45, 2.75) is 0 Å². The standard InChI is InChI=1S/C23H22N4O4/c1-29-21-10-15(11-22(30-2)23(21)31-3)18-13-19(27-26-18)20(28)7-9-24-16-5-4-14-6-8-25-17(14)12-16/h4-13,24-25H,1-3H3,(H,26,27)/b9-7-. The molecule has 0 saturated carbocycles. The van der Waals surface area contributed by atoms with Crippen LogP contribution < -0.4 is 19.5 Å². The fourth-order valence-corrected chi connectivity index (χ4v) is 3.27. The van der Waals surface area contributed by atoms with Gasteiger partial charge in [0.25, 0.3) is 0 Å². The molecule has 2 heterocycles. The Bertz CT molecular complexity index is 1230. The second-order valence-corrected chi connectivity index (χ2v) is 6.70. The van der Waals surface area contributed by atoms with E-state index >= 15 is 0 Å². The summed E-state index contributed by atoms with van der Waals surface area (Å²) in [6, 6.07) is 13.2.